The summed E-state index contributed by atoms with van der Waals surface area (Å²) in [7, 11) is -0.430. The molecule has 4 nitrogen and oxygen atoms in total. The van der Waals surface area contributed by atoms with E-state index >= 15 is 0 Å². The van der Waals surface area contributed by atoms with Crippen molar-refractivity contribution < 1.29 is 13.7 Å². The number of nitrogens with zero attached hydrogens (tertiary/aromatic N) is 1. The van der Waals surface area contributed by atoms with E-state index in [1.165, 1.54) is 16.7 Å². The average molecular weight is 490 g/mol. The summed E-state index contributed by atoms with van der Waals surface area (Å²) in [4.78, 5) is 5.05. The van der Waals surface area contributed by atoms with E-state index in [1.807, 2.05) is 18.2 Å². The van der Waals surface area contributed by atoms with Gasteiger partial charge in [-0.3, -0.25) is 0 Å². The SMILES string of the molecule is CC(C)(C)c1cc(C(C)(C)C)c(-c2nc3cc(B4OC(C)(C)C(C)(C)O4)ccc3o2)c(C(C)(C)C)c1. The fourth-order valence-electron chi connectivity index (χ4n) is 4.67. The van der Waals surface area contributed by atoms with Crippen LogP contribution < -0.4 is 5.46 Å². The number of fused-ring (bicyclic) bond motifs is 1. The van der Waals surface area contributed by atoms with Crippen molar-refractivity contribution in [3.05, 3.63) is 47.0 Å². The molecule has 0 amide bonds. The Labute approximate surface area is 218 Å². The minimum atomic E-state index is -0.430. The topological polar surface area (TPSA) is 44.5 Å². The Morgan fingerprint density at radius 2 is 1.19 bits per heavy atom. The molecule has 0 N–H and O–H groups in total. The third-order valence-electron chi connectivity index (χ3n) is 7.77. The Morgan fingerprint density at radius 3 is 1.64 bits per heavy atom. The third-order valence-corrected chi connectivity index (χ3v) is 7.77. The highest BCUT2D eigenvalue weighted by Gasteiger charge is 2.51. The van der Waals surface area contributed by atoms with Crippen LogP contribution >= 0.6 is 0 Å². The molecule has 0 spiro atoms. The molecule has 1 aliphatic heterocycles. The molecule has 1 aromatic heterocycles. The van der Waals surface area contributed by atoms with Crippen molar-refractivity contribution in [2.45, 2.75) is 117 Å². The van der Waals surface area contributed by atoms with Gasteiger partial charge in [-0.2, -0.15) is 0 Å². The molecular weight excluding hydrogens is 445 g/mol. The molecule has 4 rings (SSSR count). The van der Waals surface area contributed by atoms with Crippen molar-refractivity contribution >= 4 is 23.7 Å². The van der Waals surface area contributed by atoms with Crippen molar-refractivity contribution in [3.8, 4) is 11.5 Å². The number of benzene rings is 2. The quantitative estimate of drug-likeness (QED) is 0.346. The number of rotatable bonds is 2. The van der Waals surface area contributed by atoms with Gasteiger partial charge in [0, 0.05) is 5.56 Å². The summed E-state index contributed by atoms with van der Waals surface area (Å²) in [5, 5.41) is 0. The lowest BCUT2D eigenvalue weighted by atomic mass is 9.72. The van der Waals surface area contributed by atoms with E-state index in [-0.39, 0.29) is 27.4 Å². The molecule has 1 fully saturated rings. The zero-order chi connectivity index (χ0) is 27.1. The number of aromatic nitrogens is 1. The summed E-state index contributed by atoms with van der Waals surface area (Å²) < 4.78 is 19.0. The zero-order valence-corrected chi connectivity index (χ0v) is 24.6. The van der Waals surface area contributed by atoms with Crippen LogP contribution in [-0.2, 0) is 25.6 Å². The third kappa shape index (κ3) is 4.77. The van der Waals surface area contributed by atoms with E-state index in [2.05, 4.69) is 102 Å². The number of hydrogen-bond acceptors (Lipinski definition) is 4. The van der Waals surface area contributed by atoms with Gasteiger partial charge in [0.2, 0.25) is 5.89 Å². The monoisotopic (exact) mass is 489 g/mol. The van der Waals surface area contributed by atoms with Gasteiger partial charge in [-0.05, 0) is 78.2 Å². The van der Waals surface area contributed by atoms with E-state index in [4.69, 9.17) is 18.7 Å². The van der Waals surface area contributed by atoms with Crippen molar-refractivity contribution in [1.82, 2.24) is 4.98 Å². The van der Waals surface area contributed by atoms with Crippen LogP contribution in [0, 0.1) is 0 Å². The van der Waals surface area contributed by atoms with Crippen LogP contribution in [0.2, 0.25) is 0 Å². The lowest BCUT2D eigenvalue weighted by molar-refractivity contribution is 0.00578. The smallest absolute Gasteiger partial charge is 0.436 e. The van der Waals surface area contributed by atoms with Crippen LogP contribution in [0.4, 0.5) is 0 Å². The van der Waals surface area contributed by atoms with Gasteiger partial charge in [0.15, 0.2) is 5.58 Å². The summed E-state index contributed by atoms with van der Waals surface area (Å²) in [5.74, 6) is 0.673. The Hall–Kier alpha value is -2.11. The Balaban J connectivity index is 1.90. The minimum Gasteiger partial charge on any atom is -0.436 e. The maximum atomic E-state index is 6.46. The largest absolute Gasteiger partial charge is 0.494 e. The van der Waals surface area contributed by atoms with E-state index in [0.717, 1.165) is 22.1 Å². The van der Waals surface area contributed by atoms with E-state index in [1.54, 1.807) is 0 Å². The summed E-state index contributed by atoms with van der Waals surface area (Å²) >= 11 is 0. The standard InChI is InChI=1S/C31H44BNO3/c1-27(2,3)19-16-21(28(4,5)6)25(22(17-19)29(7,8)9)26-33-23-18-20(14-15-24(23)34-26)32-35-30(10,11)31(12,13)36-32/h14-18H,1-13H3. The molecule has 0 aliphatic carbocycles. The van der Waals surface area contributed by atoms with E-state index in [0.29, 0.717) is 5.89 Å². The maximum Gasteiger partial charge on any atom is 0.494 e. The predicted octanol–water partition coefficient (Wildman–Crippen LogP) is 7.69. The Kier molecular flexibility index (Phi) is 6.13. The van der Waals surface area contributed by atoms with Gasteiger partial charge in [0.05, 0.1) is 11.2 Å². The molecule has 0 unspecified atom stereocenters. The second-order valence-corrected chi connectivity index (χ2v) is 14.5. The highest BCUT2D eigenvalue weighted by Crippen LogP contribution is 2.44. The first-order chi connectivity index (χ1) is 16.2. The van der Waals surface area contributed by atoms with Crippen LogP contribution in [0.1, 0.15) is 107 Å². The van der Waals surface area contributed by atoms with Gasteiger partial charge in [-0.1, -0.05) is 80.5 Å². The molecule has 194 valence electrons. The van der Waals surface area contributed by atoms with Gasteiger partial charge in [-0.25, -0.2) is 4.98 Å². The number of hydrogen-bond donors (Lipinski definition) is 0. The molecule has 1 aliphatic rings. The molecule has 2 aromatic carbocycles. The van der Waals surface area contributed by atoms with Gasteiger partial charge in [0.25, 0.3) is 0 Å². The van der Waals surface area contributed by atoms with Crippen LogP contribution in [0.15, 0.2) is 34.7 Å². The lowest BCUT2D eigenvalue weighted by Crippen LogP contribution is -2.41. The summed E-state index contributed by atoms with van der Waals surface area (Å²) in [6.07, 6.45) is 0. The molecule has 0 radical (unpaired) electrons. The molecule has 0 saturated carbocycles. The molecule has 3 aromatic rings. The van der Waals surface area contributed by atoms with Crippen molar-refractivity contribution in [3.63, 3.8) is 0 Å². The summed E-state index contributed by atoms with van der Waals surface area (Å²) in [6.45, 7) is 28.7. The van der Waals surface area contributed by atoms with E-state index < -0.39 is 7.12 Å². The predicted molar refractivity (Wildman–Crippen MR) is 151 cm³/mol. The summed E-state index contributed by atoms with van der Waals surface area (Å²) in [6, 6.07) is 10.8. The van der Waals surface area contributed by atoms with Crippen LogP contribution in [0.25, 0.3) is 22.6 Å². The second-order valence-electron chi connectivity index (χ2n) is 14.5. The van der Waals surface area contributed by atoms with Gasteiger partial charge in [0.1, 0.15) is 5.52 Å². The van der Waals surface area contributed by atoms with Crippen LogP contribution in [0.3, 0.4) is 0 Å². The fraction of sp³-hybridized carbons (Fsp3) is 0.581. The van der Waals surface area contributed by atoms with Crippen LogP contribution in [0.5, 0.6) is 0 Å². The first-order valence-corrected chi connectivity index (χ1v) is 13.2. The zero-order valence-electron chi connectivity index (χ0n) is 24.6. The Morgan fingerprint density at radius 1 is 0.694 bits per heavy atom. The molecular formula is C31H44BNO3. The number of oxazole rings is 1. The minimum absolute atomic E-state index is 0.0393. The maximum absolute atomic E-state index is 6.46. The van der Waals surface area contributed by atoms with Gasteiger partial charge < -0.3 is 13.7 Å². The van der Waals surface area contributed by atoms with Gasteiger partial charge in [-0.15, -0.1) is 0 Å². The molecule has 1 saturated heterocycles. The first kappa shape index (κ1) is 26.9. The molecule has 0 atom stereocenters. The molecule has 36 heavy (non-hydrogen) atoms. The second kappa shape index (κ2) is 8.20. The molecule has 5 heteroatoms. The highest BCUT2D eigenvalue weighted by atomic mass is 16.7. The van der Waals surface area contributed by atoms with E-state index in [9.17, 15) is 0 Å². The highest BCUT2D eigenvalue weighted by molar-refractivity contribution is 6.62. The van der Waals surface area contributed by atoms with Crippen LogP contribution in [-0.4, -0.2) is 23.3 Å². The normalized spacial score (nSPS) is 18.3. The Bertz CT molecular complexity index is 1250. The fourth-order valence-corrected chi connectivity index (χ4v) is 4.67. The van der Waals surface area contributed by atoms with Crippen molar-refractivity contribution in [2.24, 2.45) is 0 Å². The molecule has 2 heterocycles. The average Bonchev–Trinajstić information content (AvgIpc) is 3.21. The van der Waals surface area contributed by atoms with Crippen molar-refractivity contribution in [2.75, 3.05) is 0 Å². The van der Waals surface area contributed by atoms with Gasteiger partial charge >= 0.3 is 7.12 Å². The van der Waals surface area contributed by atoms with Crippen molar-refractivity contribution in [1.29, 1.82) is 0 Å². The first-order valence-electron chi connectivity index (χ1n) is 13.2. The summed E-state index contributed by atoms with van der Waals surface area (Å²) in [5.41, 5.74) is 6.61. The lowest BCUT2D eigenvalue weighted by Gasteiger charge is -2.32. The molecule has 0 bridgehead atoms.